The molecule has 5 nitrogen and oxygen atoms in total. The van der Waals surface area contributed by atoms with Crippen LogP contribution in [-0.4, -0.2) is 19.2 Å². The maximum atomic E-state index is 12.3. The number of carbonyl (C=O) groups is 1. The zero-order chi connectivity index (χ0) is 23.1. The summed E-state index contributed by atoms with van der Waals surface area (Å²) in [7, 11) is 0. The molecule has 0 amide bonds. The van der Waals surface area contributed by atoms with Crippen LogP contribution in [-0.2, 0) is 22.2 Å². The van der Waals surface area contributed by atoms with Gasteiger partial charge >= 0.3 is 5.97 Å². The maximum absolute atomic E-state index is 12.3. The Balaban J connectivity index is 0.00000512. The lowest BCUT2D eigenvalue weighted by atomic mass is 9.79. The predicted octanol–water partition coefficient (Wildman–Crippen LogP) is 5.46. The van der Waals surface area contributed by atoms with Crippen molar-refractivity contribution in [1.82, 2.24) is 0 Å². The number of nitrogens with two attached hydrogens (primary N) is 2. The Kier molecular flexibility index (Phi) is 10.7. The van der Waals surface area contributed by atoms with Gasteiger partial charge in [-0.1, -0.05) is 31.5 Å². The summed E-state index contributed by atoms with van der Waals surface area (Å²) in [6.07, 6.45) is 3.57. The Morgan fingerprint density at radius 1 is 0.906 bits per heavy atom. The monoisotopic (exact) mass is 462 g/mol. The second-order valence-electron chi connectivity index (χ2n) is 9.25. The third-order valence-electron chi connectivity index (χ3n) is 5.17. The highest BCUT2D eigenvalue weighted by Gasteiger charge is 2.27. The lowest BCUT2D eigenvalue weighted by Gasteiger charge is -2.32. The van der Waals surface area contributed by atoms with Crippen LogP contribution in [0.5, 0.6) is 5.75 Å². The van der Waals surface area contributed by atoms with Gasteiger partial charge < -0.3 is 20.9 Å². The SMILES string of the molecule is CCCCOc1ccc(C(=O)OCCCc2cccc(C(C)(C)N)c2C(C)(C)N)cc1.Cl. The van der Waals surface area contributed by atoms with E-state index in [9.17, 15) is 4.79 Å². The van der Waals surface area contributed by atoms with Crippen LogP contribution in [0.1, 0.15) is 80.9 Å². The molecule has 0 aliphatic rings. The smallest absolute Gasteiger partial charge is 0.338 e. The Morgan fingerprint density at radius 2 is 1.56 bits per heavy atom. The first-order valence-corrected chi connectivity index (χ1v) is 11.1. The van der Waals surface area contributed by atoms with Crippen LogP contribution in [0.25, 0.3) is 0 Å². The number of carbonyl (C=O) groups excluding carboxylic acids is 1. The molecule has 4 N–H and O–H groups in total. The van der Waals surface area contributed by atoms with Crippen LogP contribution in [0.3, 0.4) is 0 Å². The highest BCUT2D eigenvalue weighted by Crippen LogP contribution is 2.32. The molecule has 2 rings (SSSR count). The van der Waals surface area contributed by atoms with E-state index in [1.165, 1.54) is 0 Å². The topological polar surface area (TPSA) is 87.6 Å². The van der Waals surface area contributed by atoms with E-state index in [0.717, 1.165) is 41.7 Å². The minimum atomic E-state index is -0.514. The van der Waals surface area contributed by atoms with Gasteiger partial charge in [-0.15, -0.1) is 12.4 Å². The first-order valence-electron chi connectivity index (χ1n) is 11.1. The number of benzene rings is 2. The Morgan fingerprint density at radius 3 is 2.12 bits per heavy atom. The van der Waals surface area contributed by atoms with Gasteiger partial charge in [0.15, 0.2) is 0 Å². The second kappa shape index (κ2) is 12.2. The molecule has 178 valence electrons. The minimum absolute atomic E-state index is 0. The van der Waals surface area contributed by atoms with Crippen molar-refractivity contribution in [2.45, 2.75) is 71.4 Å². The van der Waals surface area contributed by atoms with Crippen molar-refractivity contribution in [2.75, 3.05) is 13.2 Å². The number of rotatable bonds is 11. The molecule has 0 saturated heterocycles. The third kappa shape index (κ3) is 8.12. The molecule has 0 unspecified atom stereocenters. The summed E-state index contributed by atoms with van der Waals surface area (Å²) >= 11 is 0. The molecule has 0 spiro atoms. The quantitative estimate of drug-likeness (QED) is 0.341. The molecule has 0 bridgehead atoms. The van der Waals surface area contributed by atoms with Gasteiger partial charge in [0, 0.05) is 11.1 Å². The van der Waals surface area contributed by atoms with Crippen LogP contribution in [0.15, 0.2) is 42.5 Å². The van der Waals surface area contributed by atoms with E-state index < -0.39 is 11.1 Å². The zero-order valence-corrected chi connectivity index (χ0v) is 20.9. The Labute approximate surface area is 199 Å². The van der Waals surface area contributed by atoms with Crippen molar-refractivity contribution in [1.29, 1.82) is 0 Å². The van der Waals surface area contributed by atoms with Gasteiger partial charge in [-0.25, -0.2) is 4.79 Å². The van der Waals surface area contributed by atoms with Crippen LogP contribution in [0.2, 0.25) is 0 Å². The number of esters is 1. The minimum Gasteiger partial charge on any atom is -0.494 e. The molecule has 2 aromatic carbocycles. The van der Waals surface area contributed by atoms with E-state index >= 15 is 0 Å². The van der Waals surface area contributed by atoms with Crippen molar-refractivity contribution < 1.29 is 14.3 Å². The molecule has 0 fully saturated rings. The molecule has 0 heterocycles. The number of ether oxygens (including phenoxy) is 2. The lowest BCUT2D eigenvalue weighted by Crippen LogP contribution is -2.38. The van der Waals surface area contributed by atoms with E-state index in [-0.39, 0.29) is 18.4 Å². The molecule has 0 radical (unpaired) electrons. The number of aryl methyl sites for hydroxylation is 1. The van der Waals surface area contributed by atoms with Gasteiger partial charge in [0.25, 0.3) is 0 Å². The fourth-order valence-electron chi connectivity index (χ4n) is 3.64. The van der Waals surface area contributed by atoms with Gasteiger partial charge in [0.05, 0.1) is 18.8 Å². The largest absolute Gasteiger partial charge is 0.494 e. The van der Waals surface area contributed by atoms with Crippen LogP contribution in [0.4, 0.5) is 0 Å². The van der Waals surface area contributed by atoms with Crippen molar-refractivity contribution in [3.63, 3.8) is 0 Å². The summed E-state index contributed by atoms with van der Waals surface area (Å²) in [5, 5.41) is 0. The van der Waals surface area contributed by atoms with Gasteiger partial charge in [0.1, 0.15) is 5.75 Å². The highest BCUT2D eigenvalue weighted by molar-refractivity contribution is 5.89. The number of hydrogen-bond donors (Lipinski definition) is 2. The summed E-state index contributed by atoms with van der Waals surface area (Å²) in [5.41, 5.74) is 15.7. The summed E-state index contributed by atoms with van der Waals surface area (Å²) in [6, 6.07) is 13.2. The summed E-state index contributed by atoms with van der Waals surface area (Å²) in [4.78, 5) is 12.3. The summed E-state index contributed by atoms with van der Waals surface area (Å²) in [6.45, 7) is 11.1. The predicted molar refractivity (Wildman–Crippen MR) is 134 cm³/mol. The highest BCUT2D eigenvalue weighted by atomic mass is 35.5. The molecular formula is C26H39ClN2O3. The number of halogens is 1. The van der Waals surface area contributed by atoms with Gasteiger partial charge in [-0.2, -0.15) is 0 Å². The average Bonchev–Trinajstić information content (AvgIpc) is 2.70. The normalized spacial score (nSPS) is 11.6. The van der Waals surface area contributed by atoms with Crippen molar-refractivity contribution in [3.05, 3.63) is 64.7 Å². The molecule has 32 heavy (non-hydrogen) atoms. The number of unbranched alkanes of at least 4 members (excludes halogenated alkanes) is 1. The molecule has 0 aliphatic heterocycles. The molecule has 2 aromatic rings. The molecule has 0 aromatic heterocycles. The summed E-state index contributed by atoms with van der Waals surface area (Å²) in [5.74, 6) is 0.445. The van der Waals surface area contributed by atoms with Crippen molar-refractivity contribution in [3.8, 4) is 5.75 Å². The van der Waals surface area contributed by atoms with E-state index in [0.29, 0.717) is 25.2 Å². The van der Waals surface area contributed by atoms with E-state index in [2.05, 4.69) is 13.0 Å². The van der Waals surface area contributed by atoms with Gasteiger partial charge in [-0.05, 0) is 87.9 Å². The van der Waals surface area contributed by atoms with E-state index in [4.69, 9.17) is 20.9 Å². The molecular weight excluding hydrogens is 424 g/mol. The Bertz CT molecular complexity index is 853. The maximum Gasteiger partial charge on any atom is 0.338 e. The summed E-state index contributed by atoms with van der Waals surface area (Å²) < 4.78 is 11.1. The molecule has 6 heteroatoms. The molecule has 0 atom stereocenters. The van der Waals surface area contributed by atoms with Crippen LogP contribution < -0.4 is 16.2 Å². The number of hydrogen-bond acceptors (Lipinski definition) is 5. The van der Waals surface area contributed by atoms with Crippen molar-refractivity contribution >= 4 is 18.4 Å². The average molecular weight is 463 g/mol. The zero-order valence-electron chi connectivity index (χ0n) is 20.1. The fourth-order valence-corrected chi connectivity index (χ4v) is 3.64. The fraction of sp³-hybridized carbons (Fsp3) is 0.500. The first-order chi connectivity index (χ1) is 14.5. The van der Waals surface area contributed by atoms with Crippen LogP contribution >= 0.6 is 12.4 Å². The Hall–Kier alpha value is -2.08. The second-order valence-corrected chi connectivity index (χ2v) is 9.25. The van der Waals surface area contributed by atoms with Crippen LogP contribution in [0, 0.1) is 0 Å². The molecule has 0 aliphatic carbocycles. The van der Waals surface area contributed by atoms with E-state index in [1.807, 2.05) is 52.0 Å². The first kappa shape index (κ1) is 28.0. The van der Waals surface area contributed by atoms with Gasteiger partial charge in [-0.3, -0.25) is 0 Å². The lowest BCUT2D eigenvalue weighted by molar-refractivity contribution is 0.0500. The van der Waals surface area contributed by atoms with E-state index in [1.54, 1.807) is 12.1 Å². The molecule has 0 saturated carbocycles. The third-order valence-corrected chi connectivity index (χ3v) is 5.17. The van der Waals surface area contributed by atoms with Crippen molar-refractivity contribution in [2.24, 2.45) is 11.5 Å². The standard InChI is InChI=1S/C26H38N2O3.ClH/c1-6-7-17-30-21-15-13-20(14-16-21)24(29)31-18-9-11-19-10-8-12-22(25(2,3)27)23(19)26(4,5)28;/h8,10,12-16H,6-7,9,11,17-18,27-28H2,1-5H3;1H. The van der Waals surface area contributed by atoms with Gasteiger partial charge in [0.2, 0.25) is 0 Å².